The second kappa shape index (κ2) is 25.3. The van der Waals surface area contributed by atoms with E-state index in [1.165, 1.54) is 13.8 Å². The first-order chi connectivity index (χ1) is 34.1. The van der Waals surface area contributed by atoms with Gasteiger partial charge < -0.3 is 70.8 Å². The van der Waals surface area contributed by atoms with Crippen LogP contribution in [0.2, 0.25) is 72.5 Å². The van der Waals surface area contributed by atoms with Gasteiger partial charge in [-0.2, -0.15) is 0 Å². The van der Waals surface area contributed by atoms with Crippen molar-refractivity contribution in [1.82, 2.24) is 5.32 Å². The number of hydrogen-bond acceptors (Lipinski definition) is 19. The van der Waals surface area contributed by atoms with Crippen LogP contribution in [0.5, 0.6) is 0 Å². The number of rotatable bonds is 19. The summed E-state index contributed by atoms with van der Waals surface area (Å²) in [7, 11) is -10.7. The number of amides is 1. The Labute approximate surface area is 458 Å². The van der Waals surface area contributed by atoms with E-state index in [2.05, 4.69) is 128 Å². The summed E-state index contributed by atoms with van der Waals surface area (Å²) in [5.74, 6) is -3.77. The van der Waals surface area contributed by atoms with Gasteiger partial charge in [-0.25, -0.2) is 0 Å². The van der Waals surface area contributed by atoms with Crippen molar-refractivity contribution >= 4 is 63.1 Å². The van der Waals surface area contributed by atoms with Crippen LogP contribution in [0.25, 0.3) is 0 Å². The molecule has 3 aliphatic rings. The van der Waals surface area contributed by atoms with Gasteiger partial charge in [-0.1, -0.05) is 83.1 Å². The molecule has 3 heterocycles. The average Bonchev–Trinajstić information content (AvgIpc) is 3.21. The third-order valence-electron chi connectivity index (χ3n) is 16.4. The number of hydrogen-bond donors (Lipinski definition) is 2. The number of aliphatic hydroxyl groups is 1. The van der Waals surface area contributed by atoms with Crippen LogP contribution in [-0.4, -0.2) is 173 Å². The quantitative estimate of drug-likeness (QED) is 0.0708. The van der Waals surface area contributed by atoms with Crippen molar-refractivity contribution in [3.05, 3.63) is 0 Å². The number of esters is 4. The molecule has 1 amide bonds. The van der Waals surface area contributed by atoms with Gasteiger partial charge in [0.25, 0.3) is 0 Å². The lowest BCUT2D eigenvalue weighted by atomic mass is 9.94. The highest BCUT2D eigenvalue weighted by Crippen LogP contribution is 2.47. The minimum absolute atomic E-state index is 0.193. The first-order valence-electron chi connectivity index (χ1n) is 26.7. The van der Waals surface area contributed by atoms with Crippen molar-refractivity contribution in [2.24, 2.45) is 0 Å². The molecule has 3 rings (SSSR count). The molecule has 0 unspecified atom stereocenters. The average molecular weight is 1150 g/mol. The van der Waals surface area contributed by atoms with Crippen molar-refractivity contribution < 1.29 is 89.4 Å². The van der Waals surface area contributed by atoms with E-state index >= 15 is 0 Å². The van der Waals surface area contributed by atoms with E-state index in [1.807, 2.05) is 20.0 Å². The lowest BCUT2D eigenvalue weighted by Gasteiger charge is -2.55. The molecule has 3 aliphatic heterocycles. The Morgan fingerprint density at radius 1 is 0.461 bits per heavy atom. The van der Waals surface area contributed by atoms with Crippen LogP contribution in [0.4, 0.5) is 0 Å². The fraction of sp³-hybridized carbons (Fsp3) is 0.904. The van der Waals surface area contributed by atoms with Crippen LogP contribution in [-0.2, 0) is 84.3 Å². The fourth-order valence-corrected chi connectivity index (χ4v) is 12.9. The molecule has 20 nitrogen and oxygen atoms in total. The number of ether oxygens (including phenoxy) is 9. The highest BCUT2D eigenvalue weighted by molar-refractivity contribution is 6.75. The molecule has 0 aromatic heterocycles. The van der Waals surface area contributed by atoms with Gasteiger partial charge in [-0.15, -0.1) is 0 Å². The summed E-state index contributed by atoms with van der Waals surface area (Å²) in [5, 5.41) is 13.9. The van der Waals surface area contributed by atoms with Gasteiger partial charge in [0.1, 0.15) is 49.3 Å². The molecular weight excluding hydrogens is 1050 g/mol. The van der Waals surface area contributed by atoms with Gasteiger partial charge in [0.2, 0.25) is 5.91 Å². The molecule has 76 heavy (non-hydrogen) atoms. The largest absolute Gasteiger partial charge is 0.463 e. The summed E-state index contributed by atoms with van der Waals surface area (Å²) in [6, 6.07) is -1.40. The molecule has 15 atom stereocenters. The summed E-state index contributed by atoms with van der Waals surface area (Å²) >= 11 is 0. The van der Waals surface area contributed by atoms with Gasteiger partial charge in [0, 0.05) is 34.6 Å². The van der Waals surface area contributed by atoms with Gasteiger partial charge in [-0.3, -0.25) is 24.0 Å². The van der Waals surface area contributed by atoms with E-state index < -0.39 is 162 Å². The second-order valence-electron chi connectivity index (χ2n) is 26.9. The predicted octanol–water partition coefficient (Wildman–Crippen LogP) is 8.00. The molecular formula is C52H99NO19Si4. The van der Waals surface area contributed by atoms with E-state index in [9.17, 15) is 29.1 Å². The Kier molecular flexibility index (Phi) is 22.7. The zero-order valence-corrected chi connectivity index (χ0v) is 54.9. The number of aliphatic hydroxyl groups excluding tert-OH is 1. The third kappa shape index (κ3) is 17.4. The molecule has 3 saturated heterocycles. The smallest absolute Gasteiger partial charge is 0.303 e. The lowest BCUT2D eigenvalue weighted by molar-refractivity contribution is -0.369. The van der Waals surface area contributed by atoms with E-state index in [0.29, 0.717) is 0 Å². The summed E-state index contributed by atoms with van der Waals surface area (Å²) in [6.07, 6.45) is -18.2. The molecule has 0 saturated carbocycles. The highest BCUT2D eigenvalue weighted by atomic mass is 28.4. The van der Waals surface area contributed by atoms with Gasteiger partial charge >= 0.3 is 23.9 Å². The van der Waals surface area contributed by atoms with Crippen molar-refractivity contribution in [2.75, 3.05) is 13.2 Å². The zero-order chi connectivity index (χ0) is 58.9. The molecule has 0 aromatic carbocycles. The minimum atomic E-state index is -2.81. The van der Waals surface area contributed by atoms with E-state index in [0.717, 1.165) is 20.8 Å². The summed E-state index contributed by atoms with van der Waals surface area (Å²) in [4.78, 5) is 64.3. The van der Waals surface area contributed by atoms with Gasteiger partial charge in [-0.05, 0) is 79.5 Å². The van der Waals surface area contributed by atoms with Crippen LogP contribution in [0.3, 0.4) is 0 Å². The van der Waals surface area contributed by atoms with Gasteiger partial charge in [0.15, 0.2) is 70.5 Å². The number of carbonyl (C=O) groups is 5. The van der Waals surface area contributed by atoms with Crippen molar-refractivity contribution in [3.63, 3.8) is 0 Å². The summed E-state index contributed by atoms with van der Waals surface area (Å²) in [5.41, 5.74) is 0. The summed E-state index contributed by atoms with van der Waals surface area (Å²) in [6.45, 7) is 49.6. The maximum Gasteiger partial charge on any atom is 0.303 e. The summed E-state index contributed by atoms with van der Waals surface area (Å²) < 4.78 is 86.3. The molecule has 0 spiro atoms. The van der Waals surface area contributed by atoms with Crippen molar-refractivity contribution in [1.29, 1.82) is 0 Å². The molecule has 0 aromatic rings. The van der Waals surface area contributed by atoms with E-state index in [4.69, 9.17) is 60.3 Å². The molecule has 0 radical (unpaired) electrons. The maximum atomic E-state index is 13.3. The predicted molar refractivity (Wildman–Crippen MR) is 294 cm³/mol. The Morgan fingerprint density at radius 2 is 0.855 bits per heavy atom. The van der Waals surface area contributed by atoms with Crippen molar-refractivity contribution in [2.45, 2.75) is 289 Å². The number of carbonyl (C=O) groups excluding carboxylic acids is 5. The zero-order valence-electron chi connectivity index (χ0n) is 50.9. The van der Waals surface area contributed by atoms with Gasteiger partial charge in [0.05, 0.1) is 18.8 Å². The van der Waals surface area contributed by atoms with Crippen molar-refractivity contribution in [3.8, 4) is 0 Å². The topological polar surface area (TPSA) is 238 Å². The minimum Gasteiger partial charge on any atom is -0.463 e. The molecule has 0 bridgehead atoms. The first-order valence-corrected chi connectivity index (χ1v) is 38.3. The fourth-order valence-electron chi connectivity index (χ4n) is 7.94. The Bertz CT molecular complexity index is 1990. The lowest BCUT2D eigenvalue weighted by Crippen LogP contribution is -2.71. The normalized spacial score (nSPS) is 31.5. The monoisotopic (exact) mass is 1150 g/mol. The second-order valence-corrected chi connectivity index (χ2v) is 45.9. The third-order valence-corrected chi connectivity index (χ3v) is 34.3. The Hall–Kier alpha value is -2.18. The Balaban J connectivity index is 2.51. The van der Waals surface area contributed by atoms with E-state index in [-0.39, 0.29) is 26.8 Å². The van der Waals surface area contributed by atoms with Crippen LogP contribution >= 0.6 is 0 Å². The molecule has 0 aliphatic carbocycles. The maximum absolute atomic E-state index is 13.3. The number of nitrogens with one attached hydrogen (secondary N) is 1. The SMILES string of the molecule is CC(=O)N[C@@H]1[C@@H](O[C@@H]2O[C@@H](C)[C@@H](O[Si](C)(C)C(C)(C)C)[C@@H](O[Si](C)(C)C(C)(C)C)[C@@H]2O[Si](C)(C)C(C)(C)C)[C@H](O[C@@H]2O[C@H](COC(C)=O)[C@H](OC(C)=O)[C@H](OC(C)=O)[C@H]2OC(C)=O)[C@@H](CO[Si](C)(C)C(C)(C)C)O[C@H]1O. The van der Waals surface area contributed by atoms with Crippen LogP contribution < -0.4 is 5.32 Å². The Morgan fingerprint density at radius 3 is 1.29 bits per heavy atom. The first kappa shape index (κ1) is 68.1. The molecule has 2 N–H and O–H groups in total. The van der Waals surface area contributed by atoms with Crippen LogP contribution in [0.1, 0.15) is 125 Å². The van der Waals surface area contributed by atoms with E-state index in [1.54, 1.807) is 0 Å². The standard InChI is InChI=1S/C52H99NO19Si4/c1-29-38(70-74(21,22)50(10,11)12)43(71-75(23,24)51(13,14)15)45(72-76(25,26)52(16,17)18)48(62-29)69-41-37(53-30(2)54)46(59)66-36(28-61-73(19,20)49(7,8)9)39(41)68-47-44(65-34(6)58)42(64-33(5)57)40(63-32(4)56)35(67-47)27-60-31(3)55/h29,35-48,59H,27-28H2,1-26H3,(H,53,54)/t29-,35+,36+,37+,38+,39+,40-,41+,42-,43+,44+,45-,46+,47-,48-/m0/s1. The molecule has 24 heteroatoms. The molecule has 3 fully saturated rings. The van der Waals surface area contributed by atoms with Crippen LogP contribution in [0, 0.1) is 0 Å². The molecule has 442 valence electrons. The van der Waals surface area contributed by atoms with Crippen LogP contribution in [0.15, 0.2) is 0 Å². The highest BCUT2D eigenvalue weighted by Gasteiger charge is 2.60.